The van der Waals surface area contributed by atoms with Crippen molar-refractivity contribution < 1.29 is 23.7 Å². The first-order valence-electron chi connectivity index (χ1n) is 13.8. The second kappa shape index (κ2) is 13.3. The molecule has 1 atom stereocenters. The van der Waals surface area contributed by atoms with Gasteiger partial charge in [0, 0.05) is 5.02 Å². The van der Waals surface area contributed by atoms with Crippen molar-refractivity contribution in [2.75, 3.05) is 20.3 Å². The van der Waals surface area contributed by atoms with E-state index in [4.69, 9.17) is 30.5 Å². The summed E-state index contributed by atoms with van der Waals surface area (Å²) < 4.78 is 24.7. The number of aromatic nitrogens is 1. The highest BCUT2D eigenvalue weighted by Gasteiger charge is 2.34. The number of hydrogen-bond acceptors (Lipinski definition) is 8. The molecule has 10 heteroatoms. The molecule has 4 aromatic rings. The number of thiazole rings is 1. The van der Waals surface area contributed by atoms with E-state index in [9.17, 15) is 9.59 Å². The van der Waals surface area contributed by atoms with Crippen LogP contribution >= 0.6 is 22.9 Å². The molecule has 0 saturated heterocycles. The number of benzene rings is 3. The quantitative estimate of drug-likeness (QED) is 0.220. The second-order valence-electron chi connectivity index (χ2n) is 9.63. The predicted molar refractivity (Wildman–Crippen MR) is 167 cm³/mol. The van der Waals surface area contributed by atoms with E-state index in [1.165, 1.54) is 11.3 Å². The Kier molecular flexibility index (Phi) is 9.33. The zero-order valence-electron chi connectivity index (χ0n) is 24.3. The van der Waals surface area contributed by atoms with Crippen LogP contribution in [0.5, 0.6) is 17.2 Å². The van der Waals surface area contributed by atoms with Gasteiger partial charge in [0.25, 0.3) is 5.56 Å². The summed E-state index contributed by atoms with van der Waals surface area (Å²) in [7, 11) is 1.56. The zero-order valence-corrected chi connectivity index (χ0v) is 25.8. The molecule has 222 valence electrons. The van der Waals surface area contributed by atoms with Gasteiger partial charge in [-0.2, -0.15) is 0 Å². The van der Waals surface area contributed by atoms with Crippen molar-refractivity contribution in [3.63, 3.8) is 0 Å². The van der Waals surface area contributed by atoms with Gasteiger partial charge in [-0.3, -0.25) is 9.36 Å². The maximum Gasteiger partial charge on any atom is 0.338 e. The third kappa shape index (κ3) is 6.53. The summed E-state index contributed by atoms with van der Waals surface area (Å²) in [6.45, 7) is 6.36. The summed E-state index contributed by atoms with van der Waals surface area (Å²) in [4.78, 5) is 32.4. The standard InChI is InChI=1S/C33H31ClN2O6S/c1-5-40-27-18-23(12-15-26(27)39-4)30-29(32(38)41-6-2)20(3)35-33-36(30)31(37)28(43-33)17-22-8-7-9-25(16-22)42-19-21-10-13-24(34)14-11-21/h7-18,30H,5-6,19H2,1-4H3/b28-17+/t30-/m1/s1. The molecule has 0 saturated carbocycles. The molecule has 0 N–H and O–H groups in total. The Bertz CT molecular complexity index is 1860. The third-order valence-electron chi connectivity index (χ3n) is 6.79. The van der Waals surface area contributed by atoms with Gasteiger partial charge in [0.2, 0.25) is 0 Å². The van der Waals surface area contributed by atoms with E-state index in [0.717, 1.165) is 11.1 Å². The number of hydrogen-bond donors (Lipinski definition) is 0. The van der Waals surface area contributed by atoms with E-state index in [2.05, 4.69) is 4.99 Å². The molecule has 0 bridgehead atoms. The van der Waals surface area contributed by atoms with E-state index >= 15 is 0 Å². The second-order valence-corrected chi connectivity index (χ2v) is 11.1. The summed E-state index contributed by atoms with van der Waals surface area (Å²) in [6, 6.07) is 19.6. The largest absolute Gasteiger partial charge is 0.493 e. The van der Waals surface area contributed by atoms with Crippen LogP contribution in [0.4, 0.5) is 0 Å². The summed E-state index contributed by atoms with van der Waals surface area (Å²) in [6.07, 6.45) is 1.80. The van der Waals surface area contributed by atoms with Crippen molar-refractivity contribution in [2.24, 2.45) is 4.99 Å². The maximum atomic E-state index is 14.0. The van der Waals surface area contributed by atoms with E-state index in [0.29, 0.717) is 61.7 Å². The van der Waals surface area contributed by atoms with Gasteiger partial charge in [-0.15, -0.1) is 0 Å². The van der Waals surface area contributed by atoms with Gasteiger partial charge in [0.15, 0.2) is 16.3 Å². The van der Waals surface area contributed by atoms with E-state index in [1.807, 2.05) is 61.5 Å². The molecular weight excluding hydrogens is 588 g/mol. The lowest BCUT2D eigenvalue weighted by molar-refractivity contribution is -0.139. The minimum absolute atomic E-state index is 0.190. The van der Waals surface area contributed by atoms with Crippen LogP contribution in [0.2, 0.25) is 5.02 Å². The van der Waals surface area contributed by atoms with Crippen molar-refractivity contribution in [1.29, 1.82) is 0 Å². The van der Waals surface area contributed by atoms with Gasteiger partial charge in [-0.1, -0.05) is 53.3 Å². The number of fused-ring (bicyclic) bond motifs is 1. The average Bonchev–Trinajstić information content (AvgIpc) is 3.30. The van der Waals surface area contributed by atoms with Crippen LogP contribution in [-0.2, 0) is 16.1 Å². The van der Waals surface area contributed by atoms with Crippen LogP contribution in [0.15, 0.2) is 87.8 Å². The number of allylic oxidation sites excluding steroid dienone is 1. The van der Waals surface area contributed by atoms with E-state index < -0.39 is 12.0 Å². The molecule has 1 aliphatic rings. The molecule has 0 spiro atoms. The summed E-state index contributed by atoms with van der Waals surface area (Å²) in [5, 5.41) is 0.667. The fraction of sp³-hybridized carbons (Fsp3) is 0.242. The molecule has 43 heavy (non-hydrogen) atoms. The molecule has 1 aromatic heterocycles. The maximum absolute atomic E-state index is 14.0. The number of carbonyl (C=O) groups excluding carboxylic acids is 1. The number of esters is 1. The average molecular weight is 619 g/mol. The van der Waals surface area contributed by atoms with Crippen molar-refractivity contribution in [1.82, 2.24) is 4.57 Å². The Morgan fingerprint density at radius 3 is 2.53 bits per heavy atom. The molecule has 0 unspecified atom stereocenters. The zero-order chi connectivity index (χ0) is 30.5. The predicted octanol–water partition coefficient (Wildman–Crippen LogP) is 5.44. The number of rotatable bonds is 10. The smallest absolute Gasteiger partial charge is 0.338 e. The topological polar surface area (TPSA) is 88.4 Å². The van der Waals surface area contributed by atoms with Crippen molar-refractivity contribution >= 4 is 35.0 Å². The van der Waals surface area contributed by atoms with Crippen LogP contribution in [0.25, 0.3) is 6.08 Å². The van der Waals surface area contributed by atoms with Crippen LogP contribution in [-0.4, -0.2) is 30.9 Å². The lowest BCUT2D eigenvalue weighted by atomic mass is 9.95. The first-order valence-corrected chi connectivity index (χ1v) is 15.0. The Labute approximate surface area is 258 Å². The highest BCUT2D eigenvalue weighted by molar-refractivity contribution is 7.07. The normalized spacial score (nSPS) is 14.6. The van der Waals surface area contributed by atoms with Gasteiger partial charge in [-0.25, -0.2) is 9.79 Å². The molecule has 8 nitrogen and oxygen atoms in total. The van der Waals surface area contributed by atoms with Gasteiger partial charge >= 0.3 is 5.97 Å². The Balaban J connectivity index is 1.57. The highest BCUT2D eigenvalue weighted by atomic mass is 35.5. The Hall–Kier alpha value is -4.34. The minimum Gasteiger partial charge on any atom is -0.493 e. The van der Waals surface area contributed by atoms with Gasteiger partial charge < -0.3 is 18.9 Å². The van der Waals surface area contributed by atoms with Crippen molar-refractivity contribution in [3.8, 4) is 17.2 Å². The third-order valence-corrected chi connectivity index (χ3v) is 8.03. The van der Waals surface area contributed by atoms with Crippen LogP contribution in [0.1, 0.15) is 43.5 Å². The van der Waals surface area contributed by atoms with Crippen LogP contribution < -0.4 is 29.1 Å². The molecule has 0 radical (unpaired) electrons. The Morgan fingerprint density at radius 1 is 1.02 bits per heavy atom. The van der Waals surface area contributed by atoms with E-state index in [1.54, 1.807) is 43.7 Å². The number of nitrogens with zero attached hydrogens (tertiary/aromatic N) is 2. The van der Waals surface area contributed by atoms with Crippen molar-refractivity contribution in [3.05, 3.63) is 119 Å². The number of halogens is 1. The van der Waals surface area contributed by atoms with E-state index in [-0.39, 0.29) is 12.2 Å². The monoisotopic (exact) mass is 618 g/mol. The molecule has 0 fully saturated rings. The molecule has 2 heterocycles. The highest BCUT2D eigenvalue weighted by Crippen LogP contribution is 2.36. The fourth-order valence-electron chi connectivity index (χ4n) is 4.83. The SMILES string of the molecule is CCOC(=O)C1=C(C)N=c2s/c(=C/c3cccc(OCc4ccc(Cl)cc4)c3)c(=O)n2[C@@H]1c1ccc(OC)c(OCC)c1. The summed E-state index contributed by atoms with van der Waals surface area (Å²) in [5.74, 6) is 1.20. The lowest BCUT2D eigenvalue weighted by Crippen LogP contribution is -2.40. The molecule has 0 aliphatic carbocycles. The van der Waals surface area contributed by atoms with Crippen LogP contribution in [0.3, 0.4) is 0 Å². The fourth-order valence-corrected chi connectivity index (χ4v) is 6.00. The summed E-state index contributed by atoms with van der Waals surface area (Å²) in [5.41, 5.74) is 2.96. The lowest BCUT2D eigenvalue weighted by Gasteiger charge is -2.25. The van der Waals surface area contributed by atoms with Gasteiger partial charge in [0.05, 0.1) is 42.2 Å². The van der Waals surface area contributed by atoms with Gasteiger partial charge in [0.1, 0.15) is 12.4 Å². The first-order chi connectivity index (χ1) is 20.8. The van der Waals surface area contributed by atoms with Gasteiger partial charge in [-0.05, 0) is 79.9 Å². The number of carbonyl (C=O) groups is 1. The molecule has 0 amide bonds. The first kappa shape index (κ1) is 30.1. The minimum atomic E-state index is -0.767. The molecular formula is C33H31ClN2O6S. The van der Waals surface area contributed by atoms with Crippen LogP contribution in [0, 0.1) is 0 Å². The molecule has 5 rings (SSSR count). The molecule has 1 aliphatic heterocycles. The summed E-state index contributed by atoms with van der Waals surface area (Å²) >= 11 is 7.24. The number of methoxy groups -OCH3 is 1. The van der Waals surface area contributed by atoms with Crippen molar-refractivity contribution in [2.45, 2.75) is 33.4 Å². The number of ether oxygens (including phenoxy) is 4. The molecule has 3 aromatic carbocycles. The Morgan fingerprint density at radius 2 is 1.81 bits per heavy atom.